The lowest BCUT2D eigenvalue weighted by molar-refractivity contribution is 0.186. The number of hydrogen-bond acceptors (Lipinski definition) is 8. The molecule has 1 saturated carbocycles. The highest BCUT2D eigenvalue weighted by Crippen LogP contribution is 2.47. The van der Waals surface area contributed by atoms with Crippen LogP contribution < -0.4 is 14.4 Å². The van der Waals surface area contributed by atoms with Crippen LogP contribution in [0, 0.1) is 5.41 Å². The third-order valence-electron chi connectivity index (χ3n) is 7.36. The van der Waals surface area contributed by atoms with Crippen molar-refractivity contribution in [1.82, 2.24) is 24.1 Å². The predicted octanol–water partition coefficient (Wildman–Crippen LogP) is 5.13. The zero-order valence-electron chi connectivity index (χ0n) is 21.2. The van der Waals surface area contributed by atoms with E-state index in [4.69, 9.17) is 21.3 Å². The molecule has 0 aromatic carbocycles. The topological polar surface area (TPSA) is 90.6 Å². The summed E-state index contributed by atoms with van der Waals surface area (Å²) in [6, 6.07) is 2.17. The van der Waals surface area contributed by atoms with Crippen molar-refractivity contribution >= 4 is 46.3 Å². The van der Waals surface area contributed by atoms with E-state index in [0.29, 0.717) is 16.9 Å². The Balaban J connectivity index is 1.33. The summed E-state index contributed by atoms with van der Waals surface area (Å²) >= 11 is 6.93. The molecule has 2 atom stereocenters. The largest absolute Gasteiger partial charge is 0.598 e. The standard InChI is InChI=1S/C25H33ClN6O2S2/c1-24(2,3)36(33)30-19-6-5-8-25(19)9-13-31(14-10-25)23-29-16-18(21-27-12-15-32(21)23)35-17-7-11-28-22(34-4)20(17)26/h7,11-12,15-16,19,30H,5-6,8-10,13-14H2,1-4H3/t19-,36-/m1/s1. The molecule has 194 valence electrons. The van der Waals surface area contributed by atoms with E-state index in [0.717, 1.165) is 53.7 Å². The summed E-state index contributed by atoms with van der Waals surface area (Å²) in [5, 5.41) is 0.479. The van der Waals surface area contributed by atoms with Gasteiger partial charge in [0.2, 0.25) is 11.8 Å². The van der Waals surface area contributed by atoms with Gasteiger partial charge in [0.1, 0.15) is 9.77 Å². The van der Waals surface area contributed by atoms with Crippen LogP contribution in [0.5, 0.6) is 5.88 Å². The Hall–Kier alpha value is -1.72. The fourth-order valence-corrected chi connectivity index (χ4v) is 7.49. The normalized spacial score (nSPS) is 20.8. The van der Waals surface area contributed by atoms with Gasteiger partial charge in [-0.3, -0.25) is 4.40 Å². The Morgan fingerprint density at radius 2 is 1.94 bits per heavy atom. The Labute approximate surface area is 224 Å². The first-order chi connectivity index (χ1) is 17.2. The number of piperidine rings is 1. The molecule has 0 unspecified atom stereocenters. The van der Waals surface area contributed by atoms with Crippen molar-refractivity contribution in [3.05, 3.63) is 35.9 Å². The number of imidazole rings is 1. The van der Waals surface area contributed by atoms with Crippen LogP contribution in [-0.4, -0.2) is 54.9 Å². The first-order valence-electron chi connectivity index (χ1n) is 12.3. The quantitative estimate of drug-likeness (QED) is 0.424. The Morgan fingerprint density at radius 3 is 2.67 bits per heavy atom. The molecular weight excluding hydrogens is 516 g/mol. The zero-order valence-corrected chi connectivity index (χ0v) is 23.5. The molecule has 36 heavy (non-hydrogen) atoms. The molecule has 5 rings (SSSR count). The molecule has 0 amide bonds. The van der Waals surface area contributed by atoms with Crippen LogP contribution in [0.2, 0.25) is 5.02 Å². The van der Waals surface area contributed by atoms with Gasteiger partial charge in [0.25, 0.3) is 0 Å². The summed E-state index contributed by atoms with van der Waals surface area (Å²) in [6.07, 6.45) is 12.9. The number of pyridine rings is 1. The van der Waals surface area contributed by atoms with E-state index in [-0.39, 0.29) is 10.2 Å². The molecule has 8 nitrogen and oxygen atoms in total. The van der Waals surface area contributed by atoms with Crippen molar-refractivity contribution in [1.29, 1.82) is 0 Å². The lowest BCUT2D eigenvalue weighted by Crippen LogP contribution is -2.53. The molecule has 0 radical (unpaired) electrons. The summed E-state index contributed by atoms with van der Waals surface area (Å²) in [4.78, 5) is 17.8. The van der Waals surface area contributed by atoms with Gasteiger partial charge in [-0.1, -0.05) is 29.8 Å². The fourth-order valence-electron chi connectivity index (χ4n) is 5.32. The van der Waals surface area contributed by atoms with E-state index in [1.165, 1.54) is 24.6 Å². The van der Waals surface area contributed by atoms with Crippen molar-refractivity contribution in [3.63, 3.8) is 0 Å². The Morgan fingerprint density at radius 1 is 1.17 bits per heavy atom. The molecule has 1 aliphatic carbocycles. The van der Waals surface area contributed by atoms with Crippen LogP contribution in [0.25, 0.3) is 5.65 Å². The Kier molecular flexibility index (Phi) is 7.35. The average Bonchev–Trinajstić information content (AvgIpc) is 3.49. The maximum Gasteiger partial charge on any atom is 0.233 e. The number of rotatable bonds is 6. The summed E-state index contributed by atoms with van der Waals surface area (Å²) in [6.45, 7) is 7.93. The Bertz CT molecular complexity index is 1220. The number of aromatic nitrogens is 4. The van der Waals surface area contributed by atoms with Gasteiger partial charge < -0.3 is 14.2 Å². The minimum atomic E-state index is -1.05. The lowest BCUT2D eigenvalue weighted by atomic mass is 9.74. The molecule has 1 aliphatic heterocycles. The van der Waals surface area contributed by atoms with E-state index in [1.807, 2.05) is 45.4 Å². The van der Waals surface area contributed by atoms with Crippen molar-refractivity contribution in [2.75, 3.05) is 25.1 Å². The van der Waals surface area contributed by atoms with Gasteiger partial charge in [-0.05, 0) is 57.9 Å². The highest BCUT2D eigenvalue weighted by Gasteiger charge is 2.48. The van der Waals surface area contributed by atoms with E-state index >= 15 is 0 Å². The third kappa shape index (κ3) is 4.90. The van der Waals surface area contributed by atoms with Gasteiger partial charge in [0.15, 0.2) is 5.65 Å². The van der Waals surface area contributed by atoms with Gasteiger partial charge in [-0.15, -0.1) is 4.72 Å². The average molecular weight is 549 g/mol. The first kappa shape index (κ1) is 25.9. The zero-order chi connectivity index (χ0) is 25.5. The maximum absolute atomic E-state index is 12.8. The van der Waals surface area contributed by atoms with Crippen molar-refractivity contribution in [2.45, 2.75) is 73.5 Å². The smallest absolute Gasteiger partial charge is 0.233 e. The number of fused-ring (bicyclic) bond motifs is 1. The highest BCUT2D eigenvalue weighted by atomic mass is 35.5. The number of nitrogens with one attached hydrogen (secondary N) is 1. The summed E-state index contributed by atoms with van der Waals surface area (Å²) in [5.74, 6) is 1.31. The fraction of sp³-hybridized carbons (Fsp3) is 0.560. The molecule has 1 saturated heterocycles. The van der Waals surface area contributed by atoms with Crippen LogP contribution in [0.4, 0.5) is 5.95 Å². The van der Waals surface area contributed by atoms with E-state index in [1.54, 1.807) is 13.3 Å². The third-order valence-corrected chi connectivity index (χ3v) is 10.5. The van der Waals surface area contributed by atoms with Crippen molar-refractivity contribution in [3.8, 4) is 5.88 Å². The highest BCUT2D eigenvalue weighted by molar-refractivity contribution is 7.99. The van der Waals surface area contributed by atoms with E-state index in [9.17, 15) is 4.55 Å². The molecule has 0 bridgehead atoms. The van der Waals surface area contributed by atoms with Gasteiger partial charge in [0, 0.05) is 54.1 Å². The molecule has 2 fully saturated rings. The second kappa shape index (κ2) is 10.2. The summed E-state index contributed by atoms with van der Waals surface area (Å²) < 4.78 is 23.4. The maximum atomic E-state index is 12.8. The molecular formula is C25H33ClN6O2S2. The molecule has 4 heterocycles. The predicted molar refractivity (Wildman–Crippen MR) is 145 cm³/mol. The van der Waals surface area contributed by atoms with E-state index in [2.05, 4.69) is 24.0 Å². The number of hydrogen-bond donors (Lipinski definition) is 1. The minimum absolute atomic E-state index is 0.207. The van der Waals surface area contributed by atoms with Crippen LogP contribution in [0.15, 0.2) is 40.6 Å². The SMILES string of the molecule is COc1nccc(Sc2cnc(N3CCC4(CCC[C@H]4N[S@+]([O-])C(C)(C)C)CC3)n3ccnc23)c1Cl. The van der Waals surface area contributed by atoms with Gasteiger partial charge in [-0.2, -0.15) is 0 Å². The van der Waals surface area contributed by atoms with Crippen LogP contribution in [0.1, 0.15) is 52.9 Å². The second-order valence-corrected chi connectivity index (χ2v) is 14.0. The number of halogens is 1. The molecule has 1 spiro atoms. The molecule has 3 aromatic rings. The summed E-state index contributed by atoms with van der Waals surface area (Å²) in [5.41, 5.74) is 1.05. The van der Waals surface area contributed by atoms with E-state index < -0.39 is 11.4 Å². The van der Waals surface area contributed by atoms with Crippen molar-refractivity contribution < 1.29 is 9.29 Å². The van der Waals surface area contributed by atoms with Gasteiger partial charge in [0.05, 0.1) is 18.0 Å². The number of methoxy groups -OCH3 is 1. The number of ether oxygens (including phenoxy) is 1. The molecule has 2 aliphatic rings. The van der Waals surface area contributed by atoms with Crippen LogP contribution in [-0.2, 0) is 11.4 Å². The molecule has 3 aromatic heterocycles. The first-order valence-corrected chi connectivity index (χ1v) is 14.7. The van der Waals surface area contributed by atoms with Crippen LogP contribution in [0.3, 0.4) is 0 Å². The monoisotopic (exact) mass is 548 g/mol. The van der Waals surface area contributed by atoms with Gasteiger partial charge >= 0.3 is 0 Å². The molecule has 11 heteroatoms. The van der Waals surface area contributed by atoms with Crippen molar-refractivity contribution in [2.24, 2.45) is 5.41 Å². The second-order valence-electron chi connectivity index (χ2n) is 10.6. The van der Waals surface area contributed by atoms with Crippen LogP contribution >= 0.6 is 23.4 Å². The minimum Gasteiger partial charge on any atom is -0.598 e. The number of nitrogens with zero attached hydrogens (tertiary/aromatic N) is 5. The molecule has 1 N–H and O–H groups in total. The number of anilines is 1. The summed E-state index contributed by atoms with van der Waals surface area (Å²) in [7, 11) is 1.56. The lowest BCUT2D eigenvalue weighted by Gasteiger charge is -2.44. The van der Waals surface area contributed by atoms with Gasteiger partial charge in [-0.25, -0.2) is 15.0 Å².